The van der Waals surface area contributed by atoms with Gasteiger partial charge in [0.1, 0.15) is 6.33 Å². The third-order valence-corrected chi connectivity index (χ3v) is 2.71. The Morgan fingerprint density at radius 2 is 2.07 bits per heavy atom. The molecular formula is C11H13N3. The Bertz CT molecular complexity index is 365. The Kier molecular flexibility index (Phi) is 2.73. The summed E-state index contributed by atoms with van der Waals surface area (Å²) in [6, 6.07) is 2.16. The molecule has 72 valence electrons. The number of aryl methyl sites for hydroxylation is 1. The molecule has 1 aliphatic carbocycles. The summed E-state index contributed by atoms with van der Waals surface area (Å²) in [6.07, 6.45) is 7.81. The molecule has 0 bridgehead atoms. The van der Waals surface area contributed by atoms with Crippen LogP contribution in [0.25, 0.3) is 0 Å². The zero-order valence-corrected chi connectivity index (χ0v) is 8.16. The average Bonchev–Trinajstić information content (AvgIpc) is 2.44. The third kappa shape index (κ3) is 1.74. The van der Waals surface area contributed by atoms with Gasteiger partial charge in [-0.15, -0.1) is 0 Å². The van der Waals surface area contributed by atoms with Crippen LogP contribution in [-0.2, 0) is 19.3 Å². The van der Waals surface area contributed by atoms with Crippen LogP contribution in [0.4, 0.5) is 0 Å². The van der Waals surface area contributed by atoms with Crippen molar-refractivity contribution in [1.82, 2.24) is 9.97 Å². The first-order chi connectivity index (χ1) is 6.92. The molecule has 0 aliphatic heterocycles. The molecular weight excluding hydrogens is 174 g/mol. The van der Waals surface area contributed by atoms with E-state index in [1.165, 1.54) is 30.5 Å². The average molecular weight is 187 g/mol. The zero-order valence-electron chi connectivity index (χ0n) is 8.16. The molecule has 1 aliphatic rings. The number of hydrogen-bond donors (Lipinski definition) is 0. The van der Waals surface area contributed by atoms with Crippen LogP contribution in [-0.4, -0.2) is 9.97 Å². The largest absolute Gasteiger partial charge is 0.241 e. The summed E-state index contributed by atoms with van der Waals surface area (Å²) in [7, 11) is 0. The summed E-state index contributed by atoms with van der Waals surface area (Å²) in [5.74, 6) is 0. The van der Waals surface area contributed by atoms with Crippen LogP contribution in [0.2, 0.25) is 0 Å². The number of fused-ring (bicyclic) bond motifs is 1. The van der Waals surface area contributed by atoms with Crippen LogP contribution >= 0.6 is 0 Å². The van der Waals surface area contributed by atoms with Crippen molar-refractivity contribution < 1.29 is 0 Å². The number of nitriles is 1. The molecule has 0 aromatic carbocycles. The maximum Gasteiger partial charge on any atom is 0.115 e. The Morgan fingerprint density at radius 3 is 2.93 bits per heavy atom. The van der Waals surface area contributed by atoms with Crippen molar-refractivity contribution in [2.24, 2.45) is 0 Å². The maximum atomic E-state index is 8.68. The van der Waals surface area contributed by atoms with E-state index in [1.807, 2.05) is 0 Å². The van der Waals surface area contributed by atoms with Gasteiger partial charge in [0.05, 0.1) is 18.2 Å². The van der Waals surface area contributed by atoms with Crippen molar-refractivity contribution in [1.29, 1.82) is 5.26 Å². The first-order valence-electron chi connectivity index (χ1n) is 5.10. The minimum Gasteiger partial charge on any atom is -0.241 e. The molecule has 1 aromatic heterocycles. The van der Waals surface area contributed by atoms with E-state index >= 15 is 0 Å². The summed E-state index contributed by atoms with van der Waals surface area (Å²) in [4.78, 5) is 8.49. The molecule has 0 amide bonds. The van der Waals surface area contributed by atoms with Gasteiger partial charge < -0.3 is 0 Å². The molecule has 3 nitrogen and oxygen atoms in total. The van der Waals surface area contributed by atoms with Gasteiger partial charge in [0.2, 0.25) is 0 Å². The van der Waals surface area contributed by atoms with Crippen molar-refractivity contribution in [2.45, 2.75) is 38.5 Å². The lowest BCUT2D eigenvalue weighted by Crippen LogP contribution is -2.03. The van der Waals surface area contributed by atoms with Crippen LogP contribution in [0, 0.1) is 11.3 Å². The molecule has 0 atom stereocenters. The van der Waals surface area contributed by atoms with Crippen LogP contribution in [0.1, 0.15) is 36.2 Å². The van der Waals surface area contributed by atoms with Crippen LogP contribution in [0.5, 0.6) is 0 Å². The van der Waals surface area contributed by atoms with E-state index in [2.05, 4.69) is 16.0 Å². The van der Waals surface area contributed by atoms with Gasteiger partial charge in [-0.25, -0.2) is 9.97 Å². The van der Waals surface area contributed by atoms with Crippen molar-refractivity contribution in [3.63, 3.8) is 0 Å². The van der Waals surface area contributed by atoms with Crippen molar-refractivity contribution in [2.75, 3.05) is 0 Å². The fourth-order valence-corrected chi connectivity index (χ4v) is 1.99. The van der Waals surface area contributed by atoms with E-state index in [9.17, 15) is 0 Å². The number of aromatic nitrogens is 2. The van der Waals surface area contributed by atoms with Gasteiger partial charge in [-0.1, -0.05) is 6.42 Å². The van der Waals surface area contributed by atoms with Crippen LogP contribution < -0.4 is 0 Å². The standard InChI is InChI=1S/C11H13N3/c12-7-6-11-9-4-2-1-3-5-10(9)13-8-14-11/h8H,1-6H2. The van der Waals surface area contributed by atoms with Crippen LogP contribution in [0.15, 0.2) is 6.33 Å². The molecule has 0 radical (unpaired) electrons. The summed E-state index contributed by atoms with van der Waals surface area (Å²) >= 11 is 0. The second-order valence-electron chi connectivity index (χ2n) is 3.64. The molecule has 0 unspecified atom stereocenters. The molecule has 1 aromatic rings. The highest BCUT2D eigenvalue weighted by atomic mass is 14.8. The predicted molar refractivity (Wildman–Crippen MR) is 52.6 cm³/mol. The first kappa shape index (κ1) is 9.14. The molecule has 14 heavy (non-hydrogen) atoms. The van der Waals surface area contributed by atoms with E-state index in [-0.39, 0.29) is 0 Å². The van der Waals surface area contributed by atoms with Gasteiger partial charge in [0, 0.05) is 5.69 Å². The highest BCUT2D eigenvalue weighted by Crippen LogP contribution is 2.20. The van der Waals surface area contributed by atoms with E-state index < -0.39 is 0 Å². The third-order valence-electron chi connectivity index (χ3n) is 2.71. The Balaban J connectivity index is 2.38. The topological polar surface area (TPSA) is 49.6 Å². The molecule has 1 heterocycles. The molecule has 0 spiro atoms. The van der Waals surface area contributed by atoms with Gasteiger partial charge in [-0.05, 0) is 31.2 Å². The lowest BCUT2D eigenvalue weighted by atomic mass is 10.1. The maximum absolute atomic E-state index is 8.68. The van der Waals surface area contributed by atoms with Crippen molar-refractivity contribution in [3.8, 4) is 6.07 Å². The summed E-state index contributed by atoms with van der Waals surface area (Å²) < 4.78 is 0. The lowest BCUT2D eigenvalue weighted by Gasteiger charge is -2.06. The Hall–Kier alpha value is -1.43. The van der Waals surface area contributed by atoms with Gasteiger partial charge >= 0.3 is 0 Å². The normalized spacial score (nSPS) is 15.4. The van der Waals surface area contributed by atoms with Gasteiger partial charge in [-0.2, -0.15) is 5.26 Å². The quantitative estimate of drug-likeness (QED) is 0.630. The highest BCUT2D eigenvalue weighted by molar-refractivity contribution is 5.27. The number of nitrogens with zero attached hydrogens (tertiary/aromatic N) is 3. The summed E-state index contributed by atoms with van der Waals surface area (Å²) in [6.45, 7) is 0. The van der Waals surface area contributed by atoms with E-state index in [1.54, 1.807) is 6.33 Å². The second kappa shape index (κ2) is 4.19. The molecule has 0 N–H and O–H groups in total. The first-order valence-corrected chi connectivity index (χ1v) is 5.10. The SMILES string of the molecule is N#CCc1ncnc2c1CCCCC2. The monoisotopic (exact) mass is 187 g/mol. The van der Waals surface area contributed by atoms with E-state index in [4.69, 9.17) is 5.26 Å². The second-order valence-corrected chi connectivity index (χ2v) is 3.64. The predicted octanol–water partition coefficient (Wildman–Crippen LogP) is 1.81. The van der Waals surface area contributed by atoms with Gasteiger partial charge in [0.15, 0.2) is 0 Å². The zero-order chi connectivity index (χ0) is 9.80. The lowest BCUT2D eigenvalue weighted by molar-refractivity contribution is 0.708. The van der Waals surface area contributed by atoms with Crippen molar-refractivity contribution in [3.05, 3.63) is 23.3 Å². The minimum absolute atomic E-state index is 0.421. The molecule has 2 rings (SSSR count). The summed E-state index contributed by atoms with van der Waals surface area (Å²) in [5.41, 5.74) is 3.36. The van der Waals surface area contributed by atoms with Crippen molar-refractivity contribution >= 4 is 0 Å². The smallest absolute Gasteiger partial charge is 0.115 e. The van der Waals surface area contributed by atoms with Crippen LogP contribution in [0.3, 0.4) is 0 Å². The Morgan fingerprint density at radius 1 is 1.21 bits per heavy atom. The van der Waals surface area contributed by atoms with E-state index in [0.717, 1.165) is 18.5 Å². The Labute approximate surface area is 83.8 Å². The fourth-order valence-electron chi connectivity index (χ4n) is 1.99. The van der Waals surface area contributed by atoms with Gasteiger partial charge in [0.25, 0.3) is 0 Å². The molecule has 3 heteroatoms. The molecule has 0 fully saturated rings. The fraction of sp³-hybridized carbons (Fsp3) is 0.545. The molecule has 0 saturated carbocycles. The van der Waals surface area contributed by atoms with Gasteiger partial charge in [-0.3, -0.25) is 0 Å². The minimum atomic E-state index is 0.421. The number of rotatable bonds is 1. The number of hydrogen-bond acceptors (Lipinski definition) is 3. The molecule has 0 saturated heterocycles. The van der Waals surface area contributed by atoms with E-state index in [0.29, 0.717) is 6.42 Å². The summed E-state index contributed by atoms with van der Waals surface area (Å²) in [5, 5.41) is 8.68. The highest BCUT2D eigenvalue weighted by Gasteiger charge is 2.13.